The minimum absolute atomic E-state index is 0.261. The molecule has 7 nitrogen and oxygen atoms in total. The van der Waals surface area contributed by atoms with Crippen LogP contribution in [0.5, 0.6) is 11.6 Å². The van der Waals surface area contributed by atoms with E-state index in [0.717, 1.165) is 28.1 Å². The van der Waals surface area contributed by atoms with Gasteiger partial charge in [-0.2, -0.15) is 4.98 Å². The molecule has 0 saturated carbocycles. The molecule has 0 fully saturated rings. The molecule has 0 spiro atoms. The van der Waals surface area contributed by atoms with Crippen LogP contribution in [0.3, 0.4) is 0 Å². The Bertz CT molecular complexity index is 968. The van der Waals surface area contributed by atoms with Crippen molar-refractivity contribution in [3.63, 3.8) is 0 Å². The lowest BCUT2D eigenvalue weighted by Crippen LogP contribution is -2.07. The molecule has 0 aliphatic carbocycles. The lowest BCUT2D eigenvalue weighted by Gasteiger charge is -2.11. The van der Waals surface area contributed by atoms with Crippen molar-refractivity contribution in [1.82, 2.24) is 19.5 Å². The van der Waals surface area contributed by atoms with E-state index in [-0.39, 0.29) is 5.75 Å². The van der Waals surface area contributed by atoms with E-state index in [0.29, 0.717) is 16.7 Å². The van der Waals surface area contributed by atoms with Crippen molar-refractivity contribution < 1.29 is 13.7 Å². The summed E-state index contributed by atoms with van der Waals surface area (Å²) in [5, 5.41) is 0.455. The summed E-state index contributed by atoms with van der Waals surface area (Å²) in [6, 6.07) is 3.61. The van der Waals surface area contributed by atoms with Gasteiger partial charge in [0.25, 0.3) is 0 Å². The Hall–Kier alpha value is -2.48. The smallest absolute Gasteiger partial charge is 0.215 e. The van der Waals surface area contributed by atoms with E-state index in [9.17, 15) is 4.21 Å². The van der Waals surface area contributed by atoms with Crippen LogP contribution in [-0.4, -0.2) is 37.9 Å². The molecular formula is C17H20N4O3S. The number of aromatic nitrogens is 4. The molecule has 132 valence electrons. The lowest BCUT2D eigenvalue weighted by molar-refractivity contribution is 0.399. The molecule has 25 heavy (non-hydrogen) atoms. The predicted octanol–water partition coefficient (Wildman–Crippen LogP) is 2.31. The van der Waals surface area contributed by atoms with Gasteiger partial charge in [0.05, 0.1) is 42.0 Å². The molecule has 3 aromatic rings. The lowest BCUT2D eigenvalue weighted by atomic mass is 10.1. The van der Waals surface area contributed by atoms with Gasteiger partial charge in [-0.3, -0.25) is 9.19 Å². The summed E-state index contributed by atoms with van der Waals surface area (Å²) >= 11 is 0. The highest BCUT2D eigenvalue weighted by molar-refractivity contribution is 7.84. The second-order valence-electron chi connectivity index (χ2n) is 5.69. The fraction of sp³-hybridized carbons (Fsp3) is 0.353. The number of imidazole rings is 1. The fourth-order valence-corrected chi connectivity index (χ4v) is 4.02. The van der Waals surface area contributed by atoms with Crippen LogP contribution in [0.15, 0.2) is 23.5 Å². The van der Waals surface area contributed by atoms with Crippen LogP contribution in [0, 0.1) is 13.8 Å². The number of hydrogen-bond donors (Lipinski definition) is 0. The van der Waals surface area contributed by atoms with Crippen LogP contribution in [0.25, 0.3) is 11.2 Å². The van der Waals surface area contributed by atoms with E-state index in [1.807, 2.05) is 27.0 Å². The fourth-order valence-electron chi connectivity index (χ4n) is 2.76. The molecule has 0 amide bonds. The third-order valence-corrected chi connectivity index (χ3v) is 5.42. The monoisotopic (exact) mass is 360 g/mol. The van der Waals surface area contributed by atoms with Crippen molar-refractivity contribution in [3.05, 3.63) is 35.2 Å². The van der Waals surface area contributed by atoms with Crippen LogP contribution in [0.4, 0.5) is 0 Å². The molecule has 0 saturated heterocycles. The third-order valence-electron chi connectivity index (χ3n) is 4.11. The van der Waals surface area contributed by atoms with Crippen LogP contribution in [0.2, 0.25) is 0 Å². The number of nitrogens with zero attached hydrogens (tertiary/aromatic N) is 4. The second kappa shape index (κ2) is 6.79. The van der Waals surface area contributed by atoms with E-state index < -0.39 is 10.8 Å². The normalized spacial score (nSPS) is 12.4. The first-order chi connectivity index (χ1) is 12.0. The average Bonchev–Trinajstić information content (AvgIpc) is 2.94. The summed E-state index contributed by atoms with van der Waals surface area (Å²) in [5.74, 6) is 1.51. The zero-order valence-electron chi connectivity index (χ0n) is 14.9. The zero-order chi connectivity index (χ0) is 18.1. The Morgan fingerprint density at radius 1 is 1.16 bits per heavy atom. The molecule has 8 heteroatoms. The zero-order valence-corrected chi connectivity index (χ0v) is 15.7. The van der Waals surface area contributed by atoms with Gasteiger partial charge in [-0.25, -0.2) is 4.98 Å². The van der Waals surface area contributed by atoms with E-state index in [1.54, 1.807) is 31.0 Å². The number of methoxy groups -OCH3 is 2. The highest BCUT2D eigenvalue weighted by Gasteiger charge is 2.19. The SMILES string of the molecule is COc1ccc2c(n1)nc(S(=O)Cc1ncc(C)c(OC)c1C)n2C. The molecular weight excluding hydrogens is 340 g/mol. The second-order valence-corrected chi connectivity index (χ2v) is 7.03. The Balaban J connectivity index is 1.97. The van der Waals surface area contributed by atoms with Crippen molar-refractivity contribution >= 4 is 22.0 Å². The molecule has 0 aliphatic heterocycles. The van der Waals surface area contributed by atoms with Crippen LogP contribution >= 0.6 is 0 Å². The Kier molecular flexibility index (Phi) is 4.71. The largest absolute Gasteiger partial charge is 0.496 e. The minimum Gasteiger partial charge on any atom is -0.496 e. The van der Waals surface area contributed by atoms with Crippen LogP contribution in [-0.2, 0) is 23.6 Å². The predicted molar refractivity (Wildman–Crippen MR) is 95.4 cm³/mol. The molecule has 3 aromatic heterocycles. The average molecular weight is 360 g/mol. The van der Waals surface area contributed by atoms with Gasteiger partial charge >= 0.3 is 0 Å². The van der Waals surface area contributed by atoms with Gasteiger partial charge < -0.3 is 14.0 Å². The summed E-state index contributed by atoms with van der Waals surface area (Å²) < 4.78 is 25.2. The minimum atomic E-state index is -1.36. The van der Waals surface area contributed by atoms with E-state index in [2.05, 4.69) is 15.0 Å². The summed E-state index contributed by atoms with van der Waals surface area (Å²) in [5.41, 5.74) is 3.90. The number of aryl methyl sites for hydroxylation is 2. The Morgan fingerprint density at radius 3 is 2.60 bits per heavy atom. The number of ether oxygens (including phenoxy) is 2. The van der Waals surface area contributed by atoms with Gasteiger partial charge in [0.15, 0.2) is 5.65 Å². The molecule has 1 unspecified atom stereocenters. The standard InChI is InChI=1S/C17H20N4O3S/c1-10-8-18-12(11(2)15(10)24-5)9-25(22)17-20-16-13(21(17)3)6-7-14(19-16)23-4/h6-8H,9H2,1-5H3. The maximum absolute atomic E-state index is 12.9. The van der Waals surface area contributed by atoms with Gasteiger partial charge in [0.2, 0.25) is 11.0 Å². The number of pyridine rings is 2. The third kappa shape index (κ3) is 3.09. The topological polar surface area (TPSA) is 79.1 Å². The van der Waals surface area contributed by atoms with Gasteiger partial charge in [0, 0.05) is 30.4 Å². The van der Waals surface area contributed by atoms with Crippen molar-refractivity contribution in [3.8, 4) is 11.6 Å². The van der Waals surface area contributed by atoms with Crippen molar-refractivity contribution in [1.29, 1.82) is 0 Å². The molecule has 0 radical (unpaired) electrons. The van der Waals surface area contributed by atoms with Gasteiger partial charge in [-0.15, -0.1) is 0 Å². The number of rotatable bonds is 5. The van der Waals surface area contributed by atoms with Gasteiger partial charge in [-0.1, -0.05) is 0 Å². The van der Waals surface area contributed by atoms with Gasteiger partial charge in [0.1, 0.15) is 5.75 Å². The molecule has 0 N–H and O–H groups in total. The first-order valence-corrected chi connectivity index (χ1v) is 9.03. The van der Waals surface area contributed by atoms with E-state index in [1.165, 1.54) is 0 Å². The molecule has 0 aromatic carbocycles. The van der Waals surface area contributed by atoms with E-state index in [4.69, 9.17) is 9.47 Å². The molecule has 3 heterocycles. The Morgan fingerprint density at radius 2 is 1.92 bits per heavy atom. The first kappa shape index (κ1) is 17.3. The molecule has 3 rings (SSSR count). The van der Waals surface area contributed by atoms with Crippen molar-refractivity contribution in [2.45, 2.75) is 24.8 Å². The summed E-state index contributed by atoms with van der Waals surface area (Å²) in [6.07, 6.45) is 1.74. The summed E-state index contributed by atoms with van der Waals surface area (Å²) in [6.45, 7) is 3.86. The number of fused-ring (bicyclic) bond motifs is 1. The van der Waals surface area contributed by atoms with Crippen molar-refractivity contribution in [2.75, 3.05) is 14.2 Å². The summed E-state index contributed by atoms with van der Waals surface area (Å²) in [4.78, 5) is 13.1. The Labute approximate surface area is 148 Å². The first-order valence-electron chi connectivity index (χ1n) is 7.71. The van der Waals surface area contributed by atoms with Crippen LogP contribution in [0.1, 0.15) is 16.8 Å². The van der Waals surface area contributed by atoms with Crippen LogP contribution < -0.4 is 9.47 Å². The maximum atomic E-state index is 12.9. The van der Waals surface area contributed by atoms with Crippen molar-refractivity contribution in [2.24, 2.45) is 7.05 Å². The summed E-state index contributed by atoms with van der Waals surface area (Å²) in [7, 11) is 3.64. The highest BCUT2D eigenvalue weighted by atomic mass is 32.2. The quantitative estimate of drug-likeness (QED) is 0.695. The molecule has 1 atom stereocenters. The van der Waals surface area contributed by atoms with Gasteiger partial charge in [-0.05, 0) is 19.9 Å². The molecule has 0 bridgehead atoms. The highest BCUT2D eigenvalue weighted by Crippen LogP contribution is 2.26. The number of hydrogen-bond acceptors (Lipinski definition) is 6. The maximum Gasteiger partial charge on any atom is 0.215 e. The molecule has 0 aliphatic rings. The van der Waals surface area contributed by atoms with E-state index >= 15 is 0 Å².